The number of nitrogens with one attached hydrogen (secondary N) is 1. The molecule has 1 aromatic rings. The smallest absolute Gasteiger partial charge is 0.310 e. The summed E-state index contributed by atoms with van der Waals surface area (Å²) in [5.74, 6) is -1.04. The van der Waals surface area contributed by atoms with E-state index in [1.54, 1.807) is 0 Å². The van der Waals surface area contributed by atoms with E-state index in [9.17, 15) is 18.0 Å². The Bertz CT molecular complexity index is 859. The highest BCUT2D eigenvalue weighted by Gasteiger charge is 2.27. The van der Waals surface area contributed by atoms with Gasteiger partial charge in [0.1, 0.15) is 0 Å². The number of nitrogens with zero attached hydrogens (tertiary/aromatic N) is 1. The van der Waals surface area contributed by atoms with Gasteiger partial charge in [0, 0.05) is 18.8 Å². The second-order valence-corrected chi connectivity index (χ2v) is 9.03. The molecular weight excluding hydrogens is 396 g/mol. The highest BCUT2D eigenvalue weighted by atomic mass is 32.2. The number of benzene rings is 1. The number of hydrogen-bond donors (Lipinski definition) is 1. The first-order chi connectivity index (χ1) is 13.9. The summed E-state index contributed by atoms with van der Waals surface area (Å²) in [6, 6.07) is 5.94. The summed E-state index contributed by atoms with van der Waals surface area (Å²) >= 11 is 0. The SMILES string of the molecule is C[C@@H](OC(=O)[C@@H]1CC=CCC1)C(=O)Nc1ccc(S(=O)(=O)N2CCOCC2)cc1. The molecule has 2 aliphatic rings. The van der Waals surface area contributed by atoms with Crippen LogP contribution < -0.4 is 5.32 Å². The van der Waals surface area contributed by atoms with Crippen molar-refractivity contribution in [1.82, 2.24) is 4.31 Å². The molecule has 1 amide bonds. The second kappa shape index (κ2) is 9.51. The maximum atomic E-state index is 12.6. The van der Waals surface area contributed by atoms with Gasteiger partial charge in [-0.1, -0.05) is 12.2 Å². The lowest BCUT2D eigenvalue weighted by Gasteiger charge is -2.26. The van der Waals surface area contributed by atoms with Gasteiger partial charge in [-0.2, -0.15) is 4.31 Å². The molecule has 0 unspecified atom stereocenters. The molecule has 1 aliphatic heterocycles. The number of morpholine rings is 1. The minimum Gasteiger partial charge on any atom is -0.452 e. The van der Waals surface area contributed by atoms with Gasteiger partial charge in [0.2, 0.25) is 10.0 Å². The summed E-state index contributed by atoms with van der Waals surface area (Å²) in [7, 11) is -3.59. The maximum Gasteiger partial charge on any atom is 0.310 e. The van der Waals surface area contributed by atoms with E-state index in [1.165, 1.54) is 35.5 Å². The van der Waals surface area contributed by atoms with Crippen molar-refractivity contribution in [3.63, 3.8) is 0 Å². The predicted octanol–water partition coefficient (Wildman–Crippen LogP) is 1.93. The number of amides is 1. The Hall–Kier alpha value is -2.23. The zero-order valence-corrected chi connectivity index (χ0v) is 17.2. The monoisotopic (exact) mass is 422 g/mol. The number of ether oxygens (including phenoxy) is 2. The number of allylic oxidation sites excluding steroid dienone is 2. The predicted molar refractivity (Wildman–Crippen MR) is 107 cm³/mol. The zero-order valence-electron chi connectivity index (χ0n) is 16.4. The van der Waals surface area contributed by atoms with E-state index in [0.29, 0.717) is 38.4 Å². The highest BCUT2D eigenvalue weighted by molar-refractivity contribution is 7.89. The van der Waals surface area contributed by atoms with Crippen LogP contribution in [0.2, 0.25) is 0 Å². The van der Waals surface area contributed by atoms with Gasteiger partial charge in [-0.05, 0) is 50.5 Å². The van der Waals surface area contributed by atoms with E-state index >= 15 is 0 Å². The molecule has 0 radical (unpaired) electrons. The molecule has 1 aliphatic carbocycles. The van der Waals surface area contributed by atoms with Crippen molar-refractivity contribution in [3.05, 3.63) is 36.4 Å². The molecule has 1 heterocycles. The van der Waals surface area contributed by atoms with Crippen LogP contribution in [0.15, 0.2) is 41.3 Å². The number of carbonyl (C=O) groups excluding carboxylic acids is 2. The molecule has 2 atom stereocenters. The minimum absolute atomic E-state index is 0.155. The normalized spacial score (nSPS) is 21.3. The average Bonchev–Trinajstić information content (AvgIpc) is 2.75. The highest BCUT2D eigenvalue weighted by Crippen LogP contribution is 2.21. The Balaban J connectivity index is 1.56. The first-order valence-corrected chi connectivity index (χ1v) is 11.2. The lowest BCUT2D eigenvalue weighted by Crippen LogP contribution is -2.40. The fourth-order valence-electron chi connectivity index (χ4n) is 3.22. The Morgan fingerprint density at radius 3 is 2.48 bits per heavy atom. The van der Waals surface area contributed by atoms with Crippen LogP contribution in [-0.2, 0) is 29.1 Å². The third-order valence-corrected chi connectivity index (χ3v) is 6.91. The van der Waals surface area contributed by atoms with Crippen LogP contribution in [0, 0.1) is 5.92 Å². The van der Waals surface area contributed by atoms with Gasteiger partial charge in [0.05, 0.1) is 24.0 Å². The number of carbonyl (C=O) groups is 2. The summed E-state index contributed by atoms with van der Waals surface area (Å²) in [6.07, 6.45) is 5.23. The fourth-order valence-corrected chi connectivity index (χ4v) is 4.63. The maximum absolute atomic E-state index is 12.6. The van der Waals surface area contributed by atoms with Gasteiger partial charge in [-0.25, -0.2) is 8.42 Å². The number of anilines is 1. The molecule has 158 valence electrons. The van der Waals surface area contributed by atoms with Crippen molar-refractivity contribution >= 4 is 27.6 Å². The number of rotatable bonds is 6. The fraction of sp³-hybridized carbons (Fsp3) is 0.500. The second-order valence-electron chi connectivity index (χ2n) is 7.09. The third kappa shape index (κ3) is 5.43. The molecule has 9 heteroatoms. The molecular formula is C20H26N2O6S. The van der Waals surface area contributed by atoms with Crippen molar-refractivity contribution < 1.29 is 27.5 Å². The van der Waals surface area contributed by atoms with Gasteiger partial charge >= 0.3 is 5.97 Å². The number of sulfonamides is 1. The number of hydrogen-bond acceptors (Lipinski definition) is 6. The van der Waals surface area contributed by atoms with Crippen LogP contribution >= 0.6 is 0 Å². The standard InChI is InChI=1S/C20H26N2O6S/c1-15(28-20(24)16-5-3-2-4-6-16)19(23)21-17-7-9-18(10-8-17)29(25,26)22-11-13-27-14-12-22/h2-3,7-10,15-16H,4-6,11-14H2,1H3,(H,21,23)/t15-,16-/m1/s1. The molecule has 0 saturated carbocycles. The molecule has 0 aromatic heterocycles. The van der Waals surface area contributed by atoms with Crippen molar-refractivity contribution in [2.45, 2.75) is 37.2 Å². The molecule has 0 spiro atoms. The van der Waals surface area contributed by atoms with Crippen LogP contribution in [0.3, 0.4) is 0 Å². The van der Waals surface area contributed by atoms with Gasteiger partial charge in [-0.15, -0.1) is 0 Å². The molecule has 1 N–H and O–H groups in total. The lowest BCUT2D eigenvalue weighted by molar-refractivity contribution is -0.157. The van der Waals surface area contributed by atoms with Crippen LogP contribution in [0.25, 0.3) is 0 Å². The van der Waals surface area contributed by atoms with Gasteiger partial charge < -0.3 is 14.8 Å². The average molecular weight is 423 g/mol. The van der Waals surface area contributed by atoms with Crippen molar-refractivity contribution in [2.24, 2.45) is 5.92 Å². The van der Waals surface area contributed by atoms with E-state index in [0.717, 1.165) is 12.8 Å². The summed E-state index contributed by atoms with van der Waals surface area (Å²) in [5.41, 5.74) is 0.430. The van der Waals surface area contributed by atoms with Gasteiger partial charge in [0.25, 0.3) is 5.91 Å². The van der Waals surface area contributed by atoms with Crippen LogP contribution in [0.1, 0.15) is 26.2 Å². The summed E-state index contributed by atoms with van der Waals surface area (Å²) in [5, 5.41) is 2.65. The van der Waals surface area contributed by atoms with Crippen LogP contribution in [-0.4, -0.2) is 57.0 Å². The first-order valence-electron chi connectivity index (χ1n) is 9.72. The van der Waals surface area contributed by atoms with Crippen LogP contribution in [0.5, 0.6) is 0 Å². The molecule has 8 nitrogen and oxygen atoms in total. The summed E-state index contributed by atoms with van der Waals surface area (Å²) in [6.45, 7) is 2.91. The third-order valence-electron chi connectivity index (χ3n) is 4.99. The van der Waals surface area contributed by atoms with E-state index in [2.05, 4.69) is 5.32 Å². The Kier molecular flexibility index (Phi) is 7.05. The largest absolute Gasteiger partial charge is 0.452 e. The molecule has 0 bridgehead atoms. The van der Waals surface area contributed by atoms with Crippen molar-refractivity contribution in [2.75, 3.05) is 31.6 Å². The molecule has 3 rings (SSSR count). The zero-order chi connectivity index (χ0) is 20.9. The van der Waals surface area contributed by atoms with E-state index in [4.69, 9.17) is 9.47 Å². The van der Waals surface area contributed by atoms with Crippen molar-refractivity contribution in [3.8, 4) is 0 Å². The molecule has 1 fully saturated rings. The van der Waals surface area contributed by atoms with Gasteiger partial charge in [0.15, 0.2) is 6.10 Å². The molecule has 1 saturated heterocycles. The first kappa shape index (κ1) is 21.5. The molecule has 1 aromatic carbocycles. The van der Waals surface area contributed by atoms with Crippen LogP contribution in [0.4, 0.5) is 5.69 Å². The van der Waals surface area contributed by atoms with Crippen molar-refractivity contribution in [1.29, 1.82) is 0 Å². The van der Waals surface area contributed by atoms with E-state index < -0.39 is 22.0 Å². The quantitative estimate of drug-likeness (QED) is 0.555. The Morgan fingerprint density at radius 1 is 1.17 bits per heavy atom. The van der Waals surface area contributed by atoms with Gasteiger partial charge in [-0.3, -0.25) is 9.59 Å². The number of esters is 1. The Morgan fingerprint density at radius 2 is 1.86 bits per heavy atom. The minimum atomic E-state index is -3.59. The molecule has 29 heavy (non-hydrogen) atoms. The summed E-state index contributed by atoms with van der Waals surface area (Å²) < 4.78 is 37.1. The Labute approximate surface area is 170 Å². The topological polar surface area (TPSA) is 102 Å². The van der Waals surface area contributed by atoms with E-state index in [-0.39, 0.29) is 16.8 Å². The van der Waals surface area contributed by atoms with E-state index in [1.807, 2.05) is 12.2 Å². The lowest BCUT2D eigenvalue weighted by atomic mass is 9.95. The summed E-state index contributed by atoms with van der Waals surface area (Å²) in [4.78, 5) is 24.6.